The van der Waals surface area contributed by atoms with Crippen molar-refractivity contribution in [2.24, 2.45) is 5.73 Å². The molecule has 5 nitrogen and oxygen atoms in total. The maximum atomic E-state index is 12.0. The van der Waals surface area contributed by atoms with Gasteiger partial charge in [0.25, 0.3) is 0 Å². The van der Waals surface area contributed by atoms with Crippen LogP contribution in [-0.2, 0) is 6.54 Å². The third-order valence-corrected chi connectivity index (χ3v) is 2.93. The van der Waals surface area contributed by atoms with Crippen LogP contribution in [0.25, 0.3) is 0 Å². The fourth-order valence-corrected chi connectivity index (χ4v) is 1.90. The summed E-state index contributed by atoms with van der Waals surface area (Å²) in [5.41, 5.74) is 12.3. The minimum atomic E-state index is -0.221. The van der Waals surface area contributed by atoms with E-state index in [0.29, 0.717) is 23.5 Å². The Kier molecular flexibility index (Phi) is 2.93. The molecule has 0 bridgehead atoms. The Morgan fingerprint density at radius 1 is 1.50 bits per heavy atom. The van der Waals surface area contributed by atoms with Crippen molar-refractivity contribution < 1.29 is 4.79 Å². The number of nitrogens with two attached hydrogens (primary N) is 2. The Morgan fingerprint density at radius 3 is 2.94 bits per heavy atom. The number of nitrogen functional groups attached to an aromatic ring is 1. The summed E-state index contributed by atoms with van der Waals surface area (Å²) in [6.07, 6.45) is 2.98. The quantitative estimate of drug-likeness (QED) is 0.766. The number of aromatic nitrogens is 2. The van der Waals surface area contributed by atoms with Gasteiger partial charge in [-0.15, -0.1) is 11.3 Å². The van der Waals surface area contributed by atoms with Crippen molar-refractivity contribution in [1.29, 1.82) is 0 Å². The fraction of sp³-hybridized carbons (Fsp3) is 0.100. The third kappa shape index (κ3) is 1.93. The third-order valence-electron chi connectivity index (χ3n) is 2.06. The Morgan fingerprint density at radius 2 is 2.31 bits per heavy atom. The molecule has 6 heteroatoms. The number of pyridine rings is 1. The van der Waals surface area contributed by atoms with E-state index >= 15 is 0 Å². The molecule has 0 unspecified atom stereocenters. The largest absolute Gasteiger partial charge is 0.398 e. The van der Waals surface area contributed by atoms with Gasteiger partial charge in [-0.05, 0) is 6.07 Å². The molecule has 2 heterocycles. The predicted molar refractivity (Wildman–Crippen MR) is 62.1 cm³/mol. The molecule has 0 aliphatic heterocycles. The van der Waals surface area contributed by atoms with Gasteiger partial charge in [0, 0.05) is 30.0 Å². The van der Waals surface area contributed by atoms with Crippen LogP contribution in [-0.4, -0.2) is 15.8 Å². The van der Waals surface area contributed by atoms with Crippen molar-refractivity contribution in [2.75, 3.05) is 5.73 Å². The van der Waals surface area contributed by atoms with E-state index in [-0.39, 0.29) is 5.78 Å². The lowest BCUT2D eigenvalue weighted by molar-refractivity contribution is 0.103. The van der Waals surface area contributed by atoms with Gasteiger partial charge in [0.05, 0.1) is 5.56 Å². The number of carbonyl (C=O) groups is 1. The molecular formula is C10H10N4OS. The number of rotatable bonds is 3. The van der Waals surface area contributed by atoms with E-state index in [0.717, 1.165) is 5.01 Å². The van der Waals surface area contributed by atoms with Crippen molar-refractivity contribution in [3.05, 3.63) is 40.1 Å². The van der Waals surface area contributed by atoms with Crippen molar-refractivity contribution in [3.8, 4) is 0 Å². The SMILES string of the molecule is NCc1nc(C(=O)c2cnccc2N)cs1. The summed E-state index contributed by atoms with van der Waals surface area (Å²) < 4.78 is 0. The van der Waals surface area contributed by atoms with E-state index in [1.807, 2.05) is 0 Å². The molecule has 0 spiro atoms. The highest BCUT2D eigenvalue weighted by molar-refractivity contribution is 7.09. The zero-order chi connectivity index (χ0) is 11.5. The molecule has 2 aromatic rings. The fourth-order valence-electron chi connectivity index (χ4n) is 1.24. The second kappa shape index (κ2) is 4.38. The highest BCUT2D eigenvalue weighted by Crippen LogP contribution is 2.17. The summed E-state index contributed by atoms with van der Waals surface area (Å²) in [5, 5.41) is 2.41. The summed E-state index contributed by atoms with van der Waals surface area (Å²) in [6.45, 7) is 0.334. The van der Waals surface area contributed by atoms with E-state index in [1.54, 1.807) is 17.6 Å². The van der Waals surface area contributed by atoms with Crippen molar-refractivity contribution in [3.63, 3.8) is 0 Å². The molecule has 0 aromatic carbocycles. The molecular weight excluding hydrogens is 224 g/mol. The summed E-state index contributed by atoms with van der Waals surface area (Å²) in [6, 6.07) is 1.59. The number of carbonyl (C=O) groups excluding carboxylic acids is 1. The van der Waals surface area contributed by atoms with Crippen molar-refractivity contribution >= 4 is 22.8 Å². The molecule has 0 amide bonds. The molecule has 0 radical (unpaired) electrons. The van der Waals surface area contributed by atoms with Gasteiger partial charge in [0.1, 0.15) is 10.7 Å². The average Bonchev–Trinajstić information content (AvgIpc) is 2.77. The summed E-state index contributed by atoms with van der Waals surface area (Å²) >= 11 is 1.36. The molecule has 0 aliphatic carbocycles. The Hall–Kier alpha value is -1.79. The maximum absolute atomic E-state index is 12.0. The molecule has 4 N–H and O–H groups in total. The normalized spacial score (nSPS) is 10.3. The van der Waals surface area contributed by atoms with Crippen LogP contribution in [0.5, 0.6) is 0 Å². The minimum Gasteiger partial charge on any atom is -0.398 e. The van der Waals surface area contributed by atoms with Crippen molar-refractivity contribution in [2.45, 2.75) is 6.54 Å². The van der Waals surface area contributed by atoms with Gasteiger partial charge in [-0.3, -0.25) is 9.78 Å². The summed E-state index contributed by atoms with van der Waals surface area (Å²) in [7, 11) is 0. The minimum absolute atomic E-state index is 0.221. The van der Waals surface area contributed by atoms with Crippen LogP contribution >= 0.6 is 11.3 Å². The van der Waals surface area contributed by atoms with Crippen LogP contribution in [0.4, 0.5) is 5.69 Å². The first-order valence-electron chi connectivity index (χ1n) is 4.61. The molecule has 16 heavy (non-hydrogen) atoms. The van der Waals surface area contributed by atoms with E-state index < -0.39 is 0 Å². The standard InChI is InChI=1S/C10H10N4OS/c11-3-9-14-8(5-16-9)10(15)6-4-13-2-1-7(6)12/h1-2,4-5H,3,11H2,(H2,12,13). The maximum Gasteiger partial charge on any atom is 0.215 e. The first kappa shape index (κ1) is 10.7. The lowest BCUT2D eigenvalue weighted by Gasteiger charge is -2.00. The topological polar surface area (TPSA) is 94.9 Å². The van der Waals surface area contributed by atoms with Gasteiger partial charge < -0.3 is 11.5 Å². The Balaban J connectivity index is 2.35. The molecule has 82 valence electrons. The molecule has 0 saturated heterocycles. The number of hydrogen-bond donors (Lipinski definition) is 2. The second-order valence-corrected chi connectivity index (χ2v) is 4.07. The highest BCUT2D eigenvalue weighted by atomic mass is 32.1. The molecule has 0 saturated carbocycles. The molecule has 0 atom stereocenters. The van der Waals surface area contributed by atoms with E-state index in [9.17, 15) is 4.79 Å². The number of hydrogen-bond acceptors (Lipinski definition) is 6. The molecule has 2 rings (SSSR count). The molecule has 2 aromatic heterocycles. The van der Waals surface area contributed by atoms with Crippen LogP contribution in [0.3, 0.4) is 0 Å². The first-order valence-corrected chi connectivity index (χ1v) is 5.49. The van der Waals surface area contributed by atoms with E-state index in [4.69, 9.17) is 11.5 Å². The number of thiazole rings is 1. The van der Waals surface area contributed by atoms with Crippen LogP contribution in [0.2, 0.25) is 0 Å². The van der Waals surface area contributed by atoms with Crippen molar-refractivity contribution in [1.82, 2.24) is 9.97 Å². The average molecular weight is 234 g/mol. The number of ketones is 1. The zero-order valence-corrected chi connectivity index (χ0v) is 9.20. The van der Waals surface area contributed by atoms with E-state index in [1.165, 1.54) is 17.5 Å². The van der Waals surface area contributed by atoms with Crippen LogP contribution in [0, 0.1) is 0 Å². The Bertz CT molecular complexity index is 523. The monoisotopic (exact) mass is 234 g/mol. The molecule has 0 fully saturated rings. The summed E-state index contributed by atoms with van der Waals surface area (Å²) in [4.78, 5) is 20.0. The van der Waals surface area contributed by atoms with Crippen LogP contribution in [0.15, 0.2) is 23.8 Å². The lowest BCUT2D eigenvalue weighted by atomic mass is 10.1. The highest BCUT2D eigenvalue weighted by Gasteiger charge is 2.15. The van der Waals surface area contributed by atoms with Gasteiger partial charge in [-0.1, -0.05) is 0 Å². The van der Waals surface area contributed by atoms with Gasteiger partial charge in [0.2, 0.25) is 5.78 Å². The smallest absolute Gasteiger partial charge is 0.215 e. The molecule has 0 aliphatic rings. The predicted octanol–water partition coefficient (Wildman–Crippen LogP) is 0.810. The van der Waals surface area contributed by atoms with Gasteiger partial charge in [-0.25, -0.2) is 4.98 Å². The number of anilines is 1. The Labute approximate surface area is 96.1 Å². The van der Waals surface area contributed by atoms with Crippen LogP contribution < -0.4 is 11.5 Å². The van der Waals surface area contributed by atoms with Gasteiger partial charge >= 0.3 is 0 Å². The number of nitrogens with zero attached hydrogens (tertiary/aromatic N) is 2. The second-order valence-electron chi connectivity index (χ2n) is 3.12. The summed E-state index contributed by atoms with van der Waals surface area (Å²) in [5.74, 6) is -0.221. The van der Waals surface area contributed by atoms with Gasteiger partial charge in [-0.2, -0.15) is 0 Å². The van der Waals surface area contributed by atoms with E-state index in [2.05, 4.69) is 9.97 Å². The van der Waals surface area contributed by atoms with Crippen LogP contribution in [0.1, 0.15) is 21.1 Å². The lowest BCUT2D eigenvalue weighted by Crippen LogP contribution is -2.07. The zero-order valence-electron chi connectivity index (χ0n) is 8.38. The first-order chi connectivity index (χ1) is 7.72. The van der Waals surface area contributed by atoms with Gasteiger partial charge in [0.15, 0.2) is 0 Å².